The molecule has 0 radical (unpaired) electrons. The van der Waals surface area contributed by atoms with Crippen LogP contribution in [0.2, 0.25) is 0 Å². The van der Waals surface area contributed by atoms with Crippen LogP contribution in [-0.4, -0.2) is 11.5 Å². The Kier molecular flexibility index (Phi) is 3.62. The molecule has 1 rings (SSSR count). The topological polar surface area (TPSA) is 78.4 Å². The molecule has 1 aromatic rings. The number of aryl methyl sites for hydroxylation is 1. The fraction of sp³-hybridized carbons (Fsp3) is 0.455. The highest BCUT2D eigenvalue weighted by atomic mass is 16.6. The van der Waals surface area contributed by atoms with Crippen LogP contribution < -0.4 is 5.90 Å². The maximum atomic E-state index is 11.0. The lowest BCUT2D eigenvalue weighted by atomic mass is 9.81. The molecule has 0 saturated heterocycles. The molecule has 0 heterocycles. The summed E-state index contributed by atoms with van der Waals surface area (Å²) in [7, 11) is 0. The standard InChI is InChI=1S/C11H16N2O3/c1-8-5-4-6-9(13(14)15)10(8)11(2,3)7-16-12/h4-6H,7,12H2,1-3H3. The van der Waals surface area contributed by atoms with Gasteiger partial charge >= 0.3 is 0 Å². The van der Waals surface area contributed by atoms with Gasteiger partial charge < -0.3 is 4.84 Å². The molecule has 16 heavy (non-hydrogen) atoms. The van der Waals surface area contributed by atoms with Crippen LogP contribution in [-0.2, 0) is 10.3 Å². The van der Waals surface area contributed by atoms with E-state index in [1.165, 1.54) is 6.07 Å². The van der Waals surface area contributed by atoms with Gasteiger partial charge in [-0.25, -0.2) is 5.90 Å². The minimum atomic E-state index is -0.484. The van der Waals surface area contributed by atoms with Crippen molar-refractivity contribution >= 4 is 5.69 Å². The Morgan fingerprint density at radius 2 is 2.12 bits per heavy atom. The number of nitrogens with two attached hydrogens (primary N) is 1. The van der Waals surface area contributed by atoms with Crippen molar-refractivity contribution in [1.82, 2.24) is 0 Å². The van der Waals surface area contributed by atoms with E-state index in [0.29, 0.717) is 5.56 Å². The molecule has 0 bridgehead atoms. The van der Waals surface area contributed by atoms with E-state index in [4.69, 9.17) is 5.90 Å². The lowest BCUT2D eigenvalue weighted by Gasteiger charge is -2.25. The average molecular weight is 224 g/mol. The Balaban J connectivity index is 3.35. The molecule has 0 aromatic heterocycles. The summed E-state index contributed by atoms with van der Waals surface area (Å²) in [5, 5.41) is 11.0. The molecule has 1 aromatic carbocycles. The third kappa shape index (κ3) is 2.37. The van der Waals surface area contributed by atoms with E-state index in [1.807, 2.05) is 26.8 Å². The summed E-state index contributed by atoms with van der Waals surface area (Å²) in [4.78, 5) is 15.2. The molecule has 0 saturated carbocycles. The molecular formula is C11H16N2O3. The first kappa shape index (κ1) is 12.6. The van der Waals surface area contributed by atoms with Gasteiger partial charge in [0.25, 0.3) is 5.69 Å². The SMILES string of the molecule is Cc1cccc([N+](=O)[O-])c1C(C)(C)CON. The number of nitro benzene ring substituents is 1. The fourth-order valence-electron chi connectivity index (χ4n) is 1.97. The number of benzene rings is 1. The third-order valence-electron chi connectivity index (χ3n) is 2.57. The summed E-state index contributed by atoms with van der Waals surface area (Å²) in [6.45, 7) is 5.82. The summed E-state index contributed by atoms with van der Waals surface area (Å²) < 4.78 is 0. The highest BCUT2D eigenvalue weighted by Crippen LogP contribution is 2.34. The van der Waals surface area contributed by atoms with Gasteiger partial charge in [0.15, 0.2) is 0 Å². The molecule has 0 aliphatic rings. The van der Waals surface area contributed by atoms with Gasteiger partial charge in [-0.3, -0.25) is 10.1 Å². The molecule has 0 aliphatic carbocycles. The van der Waals surface area contributed by atoms with E-state index in [0.717, 1.165) is 5.56 Å². The molecule has 5 nitrogen and oxygen atoms in total. The van der Waals surface area contributed by atoms with E-state index in [1.54, 1.807) is 6.07 Å². The monoisotopic (exact) mass is 224 g/mol. The predicted molar refractivity (Wildman–Crippen MR) is 61.0 cm³/mol. The normalized spacial score (nSPS) is 11.5. The molecule has 0 amide bonds. The van der Waals surface area contributed by atoms with Gasteiger partial charge in [-0.05, 0) is 12.5 Å². The van der Waals surface area contributed by atoms with Crippen LogP contribution in [0, 0.1) is 17.0 Å². The zero-order valence-corrected chi connectivity index (χ0v) is 9.69. The second-order valence-electron chi connectivity index (χ2n) is 4.42. The minimum absolute atomic E-state index is 0.113. The lowest BCUT2D eigenvalue weighted by Crippen LogP contribution is -2.28. The van der Waals surface area contributed by atoms with Gasteiger partial charge in [0.2, 0.25) is 0 Å². The maximum Gasteiger partial charge on any atom is 0.273 e. The zero-order valence-electron chi connectivity index (χ0n) is 9.69. The third-order valence-corrected chi connectivity index (χ3v) is 2.57. The molecule has 0 unspecified atom stereocenters. The highest BCUT2D eigenvalue weighted by Gasteiger charge is 2.30. The summed E-state index contributed by atoms with van der Waals surface area (Å²) in [5.41, 5.74) is 1.17. The van der Waals surface area contributed by atoms with Crippen molar-refractivity contribution in [3.8, 4) is 0 Å². The van der Waals surface area contributed by atoms with Crippen molar-refractivity contribution in [1.29, 1.82) is 0 Å². The van der Waals surface area contributed by atoms with E-state index >= 15 is 0 Å². The number of nitrogens with zero attached hydrogens (tertiary/aromatic N) is 1. The summed E-state index contributed by atoms with van der Waals surface area (Å²) >= 11 is 0. The van der Waals surface area contributed by atoms with Crippen molar-refractivity contribution in [2.24, 2.45) is 5.90 Å². The fourth-order valence-corrected chi connectivity index (χ4v) is 1.97. The number of hydrogen-bond acceptors (Lipinski definition) is 4. The van der Waals surface area contributed by atoms with Crippen molar-refractivity contribution in [2.45, 2.75) is 26.2 Å². The van der Waals surface area contributed by atoms with Crippen LogP contribution in [0.3, 0.4) is 0 Å². The smallest absolute Gasteiger partial charge is 0.273 e. The van der Waals surface area contributed by atoms with Crippen LogP contribution in [0.4, 0.5) is 5.69 Å². The Bertz CT molecular complexity index is 402. The first-order valence-electron chi connectivity index (χ1n) is 4.96. The van der Waals surface area contributed by atoms with Crippen LogP contribution >= 0.6 is 0 Å². The largest absolute Gasteiger partial charge is 0.304 e. The van der Waals surface area contributed by atoms with Crippen molar-refractivity contribution < 1.29 is 9.76 Å². The Hall–Kier alpha value is -1.46. The summed E-state index contributed by atoms with van der Waals surface area (Å²) in [6.07, 6.45) is 0. The molecule has 2 N–H and O–H groups in total. The number of hydrogen-bond donors (Lipinski definition) is 1. The van der Waals surface area contributed by atoms with Gasteiger partial charge in [0.05, 0.1) is 11.5 Å². The van der Waals surface area contributed by atoms with Crippen molar-refractivity contribution in [3.63, 3.8) is 0 Å². The van der Waals surface area contributed by atoms with Gasteiger partial charge in [-0.1, -0.05) is 26.0 Å². The van der Waals surface area contributed by atoms with E-state index in [-0.39, 0.29) is 17.2 Å². The van der Waals surface area contributed by atoms with Crippen LogP contribution in [0.5, 0.6) is 0 Å². The van der Waals surface area contributed by atoms with Crippen LogP contribution in [0.15, 0.2) is 18.2 Å². The minimum Gasteiger partial charge on any atom is -0.304 e. The van der Waals surface area contributed by atoms with E-state index in [9.17, 15) is 10.1 Å². The predicted octanol–water partition coefficient (Wildman–Crippen LogP) is 2.07. The lowest BCUT2D eigenvalue weighted by molar-refractivity contribution is -0.386. The van der Waals surface area contributed by atoms with Crippen LogP contribution in [0.1, 0.15) is 25.0 Å². The summed E-state index contributed by atoms with van der Waals surface area (Å²) in [6, 6.07) is 5.03. The van der Waals surface area contributed by atoms with E-state index < -0.39 is 5.41 Å². The Morgan fingerprint density at radius 1 is 1.50 bits per heavy atom. The van der Waals surface area contributed by atoms with Crippen molar-refractivity contribution in [3.05, 3.63) is 39.4 Å². The molecule has 88 valence electrons. The molecule has 5 heteroatoms. The first-order valence-corrected chi connectivity index (χ1v) is 4.96. The van der Waals surface area contributed by atoms with Gasteiger partial charge in [-0.2, -0.15) is 0 Å². The quantitative estimate of drug-likeness (QED) is 0.627. The molecule has 0 atom stereocenters. The zero-order chi connectivity index (χ0) is 12.3. The molecule has 0 spiro atoms. The van der Waals surface area contributed by atoms with E-state index in [2.05, 4.69) is 4.84 Å². The molecular weight excluding hydrogens is 208 g/mol. The number of rotatable bonds is 4. The van der Waals surface area contributed by atoms with Crippen LogP contribution in [0.25, 0.3) is 0 Å². The first-order chi connectivity index (χ1) is 7.40. The average Bonchev–Trinajstić information content (AvgIpc) is 2.16. The second-order valence-corrected chi connectivity index (χ2v) is 4.42. The van der Waals surface area contributed by atoms with Gasteiger partial charge in [0.1, 0.15) is 0 Å². The van der Waals surface area contributed by atoms with Gasteiger partial charge in [-0.15, -0.1) is 0 Å². The Morgan fingerprint density at radius 3 is 2.62 bits per heavy atom. The van der Waals surface area contributed by atoms with Gasteiger partial charge in [0, 0.05) is 17.0 Å². The second kappa shape index (κ2) is 4.59. The summed E-state index contributed by atoms with van der Waals surface area (Å²) in [5.74, 6) is 5.06. The highest BCUT2D eigenvalue weighted by molar-refractivity contribution is 5.49. The Labute approximate surface area is 94.3 Å². The van der Waals surface area contributed by atoms with Crippen molar-refractivity contribution in [2.75, 3.05) is 6.61 Å². The number of nitro groups is 1. The molecule has 0 fully saturated rings. The maximum absolute atomic E-state index is 11.0. The molecule has 0 aliphatic heterocycles.